The second-order valence-electron chi connectivity index (χ2n) is 2.34. The third-order valence-electron chi connectivity index (χ3n) is 1.55. The number of benzene rings is 1. The molecule has 0 saturated heterocycles. The quantitative estimate of drug-likeness (QED) is 0.726. The third kappa shape index (κ3) is 2.52. The minimum atomic E-state index is -0.207. The van der Waals surface area contributed by atoms with E-state index in [1.807, 2.05) is 36.6 Å². The number of aliphatic hydroxyl groups excluding tert-OH is 1. The Bertz CT molecular complexity index is 213. The second-order valence-corrected chi connectivity index (χ2v) is 2.87. The zero-order valence-corrected chi connectivity index (χ0v) is 7.75. The van der Waals surface area contributed by atoms with E-state index in [9.17, 15) is 0 Å². The van der Waals surface area contributed by atoms with Crippen LogP contribution in [0.5, 0.6) is 0 Å². The van der Waals surface area contributed by atoms with Crippen LogP contribution in [0.1, 0.15) is 11.7 Å². The zero-order chi connectivity index (χ0) is 8.81. The SMILES string of the molecule is CSOC(CO)c1ccccc1. The van der Waals surface area contributed by atoms with Gasteiger partial charge in [0.15, 0.2) is 0 Å². The Morgan fingerprint density at radius 2 is 2.08 bits per heavy atom. The molecule has 0 aliphatic carbocycles. The second kappa shape index (κ2) is 5.19. The average Bonchev–Trinajstić information content (AvgIpc) is 2.15. The molecule has 0 fully saturated rings. The molecule has 0 spiro atoms. The highest BCUT2D eigenvalue weighted by molar-refractivity contribution is 7.93. The summed E-state index contributed by atoms with van der Waals surface area (Å²) in [7, 11) is 0. The summed E-state index contributed by atoms with van der Waals surface area (Å²) in [4.78, 5) is 0. The number of hydrogen-bond donors (Lipinski definition) is 1. The Labute approximate surface area is 76.8 Å². The summed E-state index contributed by atoms with van der Waals surface area (Å²) in [6, 6.07) is 9.69. The van der Waals surface area contributed by atoms with E-state index < -0.39 is 0 Å². The molecule has 1 rings (SSSR count). The predicted octanol–water partition coefficient (Wildman–Crippen LogP) is 2.01. The first kappa shape index (κ1) is 9.58. The predicted molar refractivity (Wildman–Crippen MR) is 50.9 cm³/mol. The van der Waals surface area contributed by atoms with Crippen molar-refractivity contribution in [3.63, 3.8) is 0 Å². The fourth-order valence-corrected chi connectivity index (χ4v) is 1.38. The van der Waals surface area contributed by atoms with E-state index in [4.69, 9.17) is 9.29 Å². The van der Waals surface area contributed by atoms with Crippen molar-refractivity contribution in [1.82, 2.24) is 0 Å². The van der Waals surface area contributed by atoms with E-state index in [1.165, 1.54) is 12.0 Å². The molecule has 0 aliphatic rings. The summed E-state index contributed by atoms with van der Waals surface area (Å²) in [6.07, 6.45) is 1.63. The van der Waals surface area contributed by atoms with Crippen molar-refractivity contribution in [3.8, 4) is 0 Å². The van der Waals surface area contributed by atoms with Gasteiger partial charge in [0.25, 0.3) is 0 Å². The zero-order valence-electron chi connectivity index (χ0n) is 6.93. The monoisotopic (exact) mass is 184 g/mol. The lowest BCUT2D eigenvalue weighted by Crippen LogP contribution is -2.04. The van der Waals surface area contributed by atoms with Crippen LogP contribution >= 0.6 is 12.0 Å². The molecular formula is C9H12O2S. The maximum absolute atomic E-state index is 8.97. The molecule has 0 radical (unpaired) electrons. The molecule has 2 nitrogen and oxygen atoms in total. The molecule has 1 atom stereocenters. The summed E-state index contributed by atoms with van der Waals surface area (Å²) in [5.74, 6) is 0. The molecule has 66 valence electrons. The Morgan fingerprint density at radius 3 is 2.58 bits per heavy atom. The summed E-state index contributed by atoms with van der Waals surface area (Å²) in [5, 5.41) is 8.97. The van der Waals surface area contributed by atoms with Crippen LogP contribution in [0.3, 0.4) is 0 Å². The first-order valence-electron chi connectivity index (χ1n) is 3.73. The normalized spacial score (nSPS) is 12.8. The van der Waals surface area contributed by atoms with E-state index in [0.717, 1.165) is 5.56 Å². The van der Waals surface area contributed by atoms with Crippen LogP contribution < -0.4 is 0 Å². The minimum Gasteiger partial charge on any atom is -0.393 e. The molecule has 0 heterocycles. The molecule has 0 amide bonds. The summed E-state index contributed by atoms with van der Waals surface area (Å²) >= 11 is 1.27. The molecule has 3 heteroatoms. The lowest BCUT2D eigenvalue weighted by Gasteiger charge is -2.12. The fourth-order valence-electron chi connectivity index (χ4n) is 0.975. The smallest absolute Gasteiger partial charge is 0.120 e. The maximum atomic E-state index is 8.97. The average molecular weight is 184 g/mol. The molecule has 0 bridgehead atoms. The standard InChI is InChI=1S/C9H12O2S/c1-12-11-9(7-10)8-5-3-2-4-6-8/h2-6,9-10H,7H2,1H3. The lowest BCUT2D eigenvalue weighted by molar-refractivity contribution is 0.138. The van der Waals surface area contributed by atoms with Crippen LogP contribution in [0.15, 0.2) is 30.3 Å². The molecule has 12 heavy (non-hydrogen) atoms. The Kier molecular flexibility index (Phi) is 4.14. The Balaban J connectivity index is 2.66. The van der Waals surface area contributed by atoms with Crippen molar-refractivity contribution in [2.45, 2.75) is 6.10 Å². The number of rotatable bonds is 4. The van der Waals surface area contributed by atoms with Crippen LogP contribution in [-0.2, 0) is 4.18 Å². The molecule has 1 N–H and O–H groups in total. The maximum Gasteiger partial charge on any atom is 0.120 e. The molecular weight excluding hydrogens is 172 g/mol. The molecule has 0 aliphatic heterocycles. The van der Waals surface area contributed by atoms with Crippen molar-refractivity contribution in [2.24, 2.45) is 0 Å². The van der Waals surface area contributed by atoms with Gasteiger partial charge in [0.05, 0.1) is 6.61 Å². The topological polar surface area (TPSA) is 29.5 Å². The van der Waals surface area contributed by atoms with Gasteiger partial charge < -0.3 is 9.29 Å². The van der Waals surface area contributed by atoms with E-state index in [1.54, 1.807) is 0 Å². The van der Waals surface area contributed by atoms with Gasteiger partial charge in [-0.2, -0.15) is 0 Å². The van der Waals surface area contributed by atoms with Gasteiger partial charge in [-0.3, -0.25) is 0 Å². The third-order valence-corrected chi connectivity index (χ3v) is 1.97. The van der Waals surface area contributed by atoms with E-state index in [2.05, 4.69) is 0 Å². The van der Waals surface area contributed by atoms with Crippen molar-refractivity contribution >= 4 is 12.0 Å². The van der Waals surface area contributed by atoms with Gasteiger partial charge in [-0.1, -0.05) is 30.3 Å². The number of hydrogen-bond acceptors (Lipinski definition) is 3. The summed E-state index contributed by atoms with van der Waals surface area (Å²) in [6.45, 7) is 0.0187. The highest BCUT2D eigenvalue weighted by atomic mass is 32.2. The lowest BCUT2D eigenvalue weighted by atomic mass is 10.1. The number of aliphatic hydroxyl groups is 1. The fraction of sp³-hybridized carbons (Fsp3) is 0.333. The van der Waals surface area contributed by atoms with Crippen LogP contribution in [0.2, 0.25) is 0 Å². The largest absolute Gasteiger partial charge is 0.393 e. The van der Waals surface area contributed by atoms with Crippen LogP contribution in [-0.4, -0.2) is 18.0 Å². The molecule has 0 saturated carbocycles. The van der Waals surface area contributed by atoms with Crippen LogP contribution in [0, 0.1) is 0 Å². The Morgan fingerprint density at radius 1 is 1.42 bits per heavy atom. The van der Waals surface area contributed by atoms with Crippen LogP contribution in [0.4, 0.5) is 0 Å². The van der Waals surface area contributed by atoms with Gasteiger partial charge in [0.1, 0.15) is 6.10 Å². The van der Waals surface area contributed by atoms with Crippen molar-refractivity contribution in [3.05, 3.63) is 35.9 Å². The van der Waals surface area contributed by atoms with E-state index in [0.29, 0.717) is 0 Å². The van der Waals surface area contributed by atoms with Crippen molar-refractivity contribution in [2.75, 3.05) is 12.9 Å². The first-order valence-corrected chi connectivity index (χ1v) is 4.88. The highest BCUT2D eigenvalue weighted by Crippen LogP contribution is 2.20. The van der Waals surface area contributed by atoms with Gasteiger partial charge in [-0.25, -0.2) is 0 Å². The van der Waals surface area contributed by atoms with E-state index in [-0.39, 0.29) is 12.7 Å². The molecule has 1 aromatic rings. The van der Waals surface area contributed by atoms with Gasteiger partial charge in [0.2, 0.25) is 0 Å². The molecule has 1 aromatic carbocycles. The van der Waals surface area contributed by atoms with Gasteiger partial charge in [0, 0.05) is 6.26 Å². The first-order chi connectivity index (χ1) is 5.88. The van der Waals surface area contributed by atoms with Gasteiger partial charge >= 0.3 is 0 Å². The Hall–Kier alpha value is -0.510. The minimum absolute atomic E-state index is 0.0187. The summed E-state index contributed by atoms with van der Waals surface area (Å²) in [5.41, 5.74) is 1.01. The summed E-state index contributed by atoms with van der Waals surface area (Å²) < 4.78 is 5.24. The van der Waals surface area contributed by atoms with E-state index >= 15 is 0 Å². The van der Waals surface area contributed by atoms with Crippen molar-refractivity contribution < 1.29 is 9.29 Å². The van der Waals surface area contributed by atoms with Crippen molar-refractivity contribution in [1.29, 1.82) is 0 Å². The van der Waals surface area contributed by atoms with Gasteiger partial charge in [-0.05, 0) is 17.6 Å². The van der Waals surface area contributed by atoms with Gasteiger partial charge in [-0.15, -0.1) is 0 Å². The molecule has 0 aromatic heterocycles. The molecule has 1 unspecified atom stereocenters. The highest BCUT2D eigenvalue weighted by Gasteiger charge is 2.08. The van der Waals surface area contributed by atoms with Crippen LogP contribution in [0.25, 0.3) is 0 Å².